The molecule has 0 saturated heterocycles. The van der Waals surface area contributed by atoms with Gasteiger partial charge in [-0.15, -0.1) is 0 Å². The predicted molar refractivity (Wildman–Crippen MR) is 139 cm³/mol. The van der Waals surface area contributed by atoms with Crippen molar-refractivity contribution < 1.29 is 14.3 Å². The fourth-order valence-electron chi connectivity index (χ4n) is 4.61. The van der Waals surface area contributed by atoms with E-state index < -0.39 is 6.04 Å². The van der Waals surface area contributed by atoms with Crippen LogP contribution in [0.4, 0.5) is 0 Å². The van der Waals surface area contributed by atoms with E-state index >= 15 is 0 Å². The summed E-state index contributed by atoms with van der Waals surface area (Å²) in [6.07, 6.45) is 4.84. The quantitative estimate of drug-likeness (QED) is 0.383. The van der Waals surface area contributed by atoms with Crippen molar-refractivity contribution in [2.24, 2.45) is 0 Å². The SMILES string of the molecule is CCC(C(=O)NC1CCCC1)N(Cc1ccccc1)C(=O)COc1ccc2ccccc2c1Br. The first-order valence-electron chi connectivity index (χ1n) is 12.0. The van der Waals surface area contributed by atoms with E-state index in [0.717, 1.165) is 46.5 Å². The summed E-state index contributed by atoms with van der Waals surface area (Å²) in [5.41, 5.74) is 0.981. The molecule has 5 nitrogen and oxygen atoms in total. The molecule has 4 rings (SSSR count). The lowest BCUT2D eigenvalue weighted by molar-refractivity contribution is -0.143. The van der Waals surface area contributed by atoms with Crippen LogP contribution in [0.1, 0.15) is 44.6 Å². The fraction of sp³-hybridized carbons (Fsp3) is 0.357. The lowest BCUT2D eigenvalue weighted by atomic mass is 10.1. The van der Waals surface area contributed by atoms with Crippen molar-refractivity contribution in [1.29, 1.82) is 0 Å². The standard InChI is InChI=1S/C28H31BrN2O3/c1-2-24(28(33)30-22-13-7-8-14-22)31(18-20-10-4-3-5-11-20)26(32)19-34-25-17-16-21-12-6-9-15-23(21)27(25)29/h3-6,9-12,15-17,22,24H,2,7-8,13-14,18-19H2,1H3,(H,30,33). The predicted octanol–water partition coefficient (Wildman–Crippen LogP) is 5.85. The molecule has 1 fully saturated rings. The second-order valence-corrected chi connectivity index (χ2v) is 9.60. The molecule has 1 unspecified atom stereocenters. The van der Waals surface area contributed by atoms with Crippen LogP contribution >= 0.6 is 15.9 Å². The molecule has 6 heteroatoms. The van der Waals surface area contributed by atoms with Crippen LogP contribution in [-0.2, 0) is 16.1 Å². The number of carbonyl (C=O) groups excluding carboxylic acids is 2. The van der Waals surface area contributed by atoms with Crippen molar-refractivity contribution in [3.8, 4) is 5.75 Å². The monoisotopic (exact) mass is 522 g/mol. The van der Waals surface area contributed by atoms with Crippen LogP contribution in [0.3, 0.4) is 0 Å². The third-order valence-corrected chi connectivity index (χ3v) is 7.28. The minimum atomic E-state index is -0.544. The third-order valence-electron chi connectivity index (χ3n) is 6.46. The summed E-state index contributed by atoms with van der Waals surface area (Å²) in [7, 11) is 0. The number of carbonyl (C=O) groups is 2. The van der Waals surface area contributed by atoms with Crippen molar-refractivity contribution in [2.45, 2.75) is 57.7 Å². The molecule has 1 atom stereocenters. The fourth-order valence-corrected chi connectivity index (χ4v) is 5.22. The molecule has 3 aromatic carbocycles. The number of halogens is 1. The van der Waals surface area contributed by atoms with Crippen LogP contribution in [0.2, 0.25) is 0 Å². The van der Waals surface area contributed by atoms with Crippen LogP contribution in [0.15, 0.2) is 71.2 Å². The van der Waals surface area contributed by atoms with Gasteiger partial charge >= 0.3 is 0 Å². The molecule has 3 aromatic rings. The van der Waals surface area contributed by atoms with Crippen molar-refractivity contribution in [2.75, 3.05) is 6.61 Å². The molecular formula is C28H31BrN2O3. The number of rotatable bonds is 9. The van der Waals surface area contributed by atoms with E-state index in [-0.39, 0.29) is 24.5 Å². The summed E-state index contributed by atoms with van der Waals surface area (Å²) in [5, 5.41) is 5.29. The zero-order valence-electron chi connectivity index (χ0n) is 19.5. The molecule has 0 heterocycles. The molecule has 34 heavy (non-hydrogen) atoms. The molecule has 1 N–H and O–H groups in total. The van der Waals surface area contributed by atoms with Crippen molar-refractivity contribution >= 4 is 38.5 Å². The van der Waals surface area contributed by atoms with E-state index in [1.165, 1.54) is 0 Å². The molecule has 1 aliphatic carbocycles. The number of amides is 2. The number of nitrogens with zero attached hydrogens (tertiary/aromatic N) is 1. The number of benzene rings is 3. The highest BCUT2D eigenvalue weighted by Crippen LogP contribution is 2.33. The summed E-state index contributed by atoms with van der Waals surface area (Å²) >= 11 is 3.62. The summed E-state index contributed by atoms with van der Waals surface area (Å²) in [5.74, 6) is 0.318. The third kappa shape index (κ3) is 5.79. The number of fused-ring (bicyclic) bond motifs is 1. The molecule has 1 saturated carbocycles. The minimum absolute atomic E-state index is 0.0782. The van der Waals surface area contributed by atoms with Gasteiger partial charge in [0.25, 0.3) is 5.91 Å². The maximum Gasteiger partial charge on any atom is 0.261 e. The van der Waals surface area contributed by atoms with Gasteiger partial charge in [-0.05, 0) is 57.6 Å². The molecule has 178 valence electrons. The highest BCUT2D eigenvalue weighted by atomic mass is 79.9. The first-order valence-corrected chi connectivity index (χ1v) is 12.8. The van der Waals surface area contributed by atoms with Crippen molar-refractivity contribution in [3.05, 3.63) is 76.8 Å². The Morgan fingerprint density at radius 1 is 1.03 bits per heavy atom. The normalized spacial score (nSPS) is 14.6. The summed E-state index contributed by atoms with van der Waals surface area (Å²) < 4.78 is 6.78. The average molecular weight is 523 g/mol. The minimum Gasteiger partial charge on any atom is -0.483 e. The Labute approximate surface area is 209 Å². The molecular weight excluding hydrogens is 492 g/mol. The maximum atomic E-state index is 13.4. The van der Waals surface area contributed by atoms with Crippen LogP contribution < -0.4 is 10.1 Å². The van der Waals surface area contributed by atoms with Crippen molar-refractivity contribution in [1.82, 2.24) is 10.2 Å². The highest BCUT2D eigenvalue weighted by Gasteiger charge is 2.31. The van der Waals surface area contributed by atoms with E-state index in [1.54, 1.807) is 4.90 Å². The Morgan fingerprint density at radius 2 is 1.74 bits per heavy atom. The van der Waals surface area contributed by atoms with Gasteiger partial charge in [0.15, 0.2) is 6.61 Å². The van der Waals surface area contributed by atoms with Crippen molar-refractivity contribution in [3.63, 3.8) is 0 Å². The molecule has 0 aliphatic heterocycles. The van der Waals surface area contributed by atoms with Gasteiger partial charge in [0.1, 0.15) is 11.8 Å². The lowest BCUT2D eigenvalue weighted by Gasteiger charge is -2.31. The molecule has 0 bridgehead atoms. The van der Waals surface area contributed by atoms with Gasteiger partial charge in [0, 0.05) is 12.6 Å². The molecule has 2 amide bonds. The van der Waals surface area contributed by atoms with Crippen LogP contribution in [0.25, 0.3) is 10.8 Å². The number of nitrogens with one attached hydrogen (secondary N) is 1. The van der Waals surface area contributed by atoms with Gasteiger partial charge in [0.2, 0.25) is 5.91 Å². The second-order valence-electron chi connectivity index (χ2n) is 8.81. The number of hydrogen-bond acceptors (Lipinski definition) is 3. The molecule has 0 aromatic heterocycles. The second kappa shape index (κ2) is 11.5. The Balaban J connectivity index is 1.52. The summed E-state index contributed by atoms with van der Waals surface area (Å²) in [6.45, 7) is 2.17. The van der Waals surface area contributed by atoms with Crippen LogP contribution in [0.5, 0.6) is 5.75 Å². The Kier molecular flexibility index (Phi) is 8.22. The summed E-state index contributed by atoms with van der Waals surface area (Å²) in [4.78, 5) is 28.3. The smallest absolute Gasteiger partial charge is 0.261 e. The molecule has 0 radical (unpaired) electrons. The maximum absolute atomic E-state index is 13.4. The average Bonchev–Trinajstić information content (AvgIpc) is 3.37. The van der Waals surface area contributed by atoms with E-state index in [2.05, 4.69) is 21.2 Å². The largest absolute Gasteiger partial charge is 0.483 e. The van der Waals surface area contributed by atoms with Gasteiger partial charge in [-0.3, -0.25) is 9.59 Å². The molecule has 0 spiro atoms. The number of ether oxygens (including phenoxy) is 1. The van der Waals surface area contributed by atoms with E-state index in [1.807, 2.05) is 73.7 Å². The van der Waals surface area contributed by atoms with Gasteiger partial charge in [0.05, 0.1) is 4.47 Å². The van der Waals surface area contributed by atoms with E-state index in [9.17, 15) is 9.59 Å². The Hall–Kier alpha value is -2.86. The van der Waals surface area contributed by atoms with E-state index in [4.69, 9.17) is 4.74 Å². The van der Waals surface area contributed by atoms with E-state index in [0.29, 0.717) is 18.7 Å². The first kappa shape index (κ1) is 24.3. The van der Waals surface area contributed by atoms with Crippen LogP contribution in [0, 0.1) is 0 Å². The Bertz CT molecular complexity index is 1130. The van der Waals surface area contributed by atoms with Gasteiger partial charge in [-0.1, -0.05) is 80.4 Å². The topological polar surface area (TPSA) is 58.6 Å². The van der Waals surface area contributed by atoms with Crippen LogP contribution in [-0.4, -0.2) is 35.4 Å². The van der Waals surface area contributed by atoms with Gasteiger partial charge < -0.3 is 15.0 Å². The van der Waals surface area contributed by atoms with Gasteiger partial charge in [-0.25, -0.2) is 0 Å². The zero-order valence-corrected chi connectivity index (χ0v) is 21.1. The lowest BCUT2D eigenvalue weighted by Crippen LogP contribution is -2.52. The summed E-state index contributed by atoms with van der Waals surface area (Å²) in [6, 6.07) is 21.3. The zero-order chi connectivity index (χ0) is 23.9. The first-order chi connectivity index (χ1) is 16.6. The Morgan fingerprint density at radius 3 is 2.47 bits per heavy atom. The highest BCUT2D eigenvalue weighted by molar-refractivity contribution is 9.10. The van der Waals surface area contributed by atoms with Gasteiger partial charge in [-0.2, -0.15) is 0 Å². The number of hydrogen-bond donors (Lipinski definition) is 1. The molecule has 1 aliphatic rings.